The van der Waals surface area contributed by atoms with E-state index in [1.165, 1.54) is 5.56 Å². The monoisotopic (exact) mass is 192 g/mol. The van der Waals surface area contributed by atoms with Crippen molar-refractivity contribution in [3.8, 4) is 0 Å². The summed E-state index contributed by atoms with van der Waals surface area (Å²) in [6.07, 6.45) is 1.75. The maximum atomic E-state index is 8.62. The molecule has 1 rings (SSSR count). The van der Waals surface area contributed by atoms with Crippen LogP contribution in [0.15, 0.2) is 42.0 Å². The molecule has 1 aromatic carbocycles. The normalized spacial score (nSPS) is 11.7. The zero-order valence-electron chi connectivity index (χ0n) is 8.44. The van der Waals surface area contributed by atoms with E-state index in [0.29, 0.717) is 13.2 Å². The summed E-state index contributed by atoms with van der Waals surface area (Å²) in [5.74, 6) is 0. The molecule has 0 aliphatic carbocycles. The Kier molecular flexibility index (Phi) is 4.97. The Bertz CT molecular complexity index is 278. The van der Waals surface area contributed by atoms with Gasteiger partial charge in [0.15, 0.2) is 0 Å². The lowest BCUT2D eigenvalue weighted by Crippen LogP contribution is -1.97. The van der Waals surface area contributed by atoms with Crippen LogP contribution in [0, 0.1) is 0 Å². The highest BCUT2D eigenvalue weighted by atomic mass is 16.5. The van der Waals surface area contributed by atoms with Crippen molar-refractivity contribution in [3.05, 3.63) is 47.5 Å². The fourth-order valence-corrected chi connectivity index (χ4v) is 1.12. The standard InChI is InChI=1S/C12H16O2/c1-11(7-8-13)9-14-10-12-5-3-2-4-6-12/h2-7,13H,8-10H2,1H3/b11-7-. The third kappa shape index (κ3) is 4.21. The lowest BCUT2D eigenvalue weighted by molar-refractivity contribution is 0.142. The van der Waals surface area contributed by atoms with E-state index >= 15 is 0 Å². The van der Waals surface area contributed by atoms with Crippen LogP contribution in [0.2, 0.25) is 0 Å². The first-order valence-electron chi connectivity index (χ1n) is 4.71. The third-order valence-electron chi connectivity index (χ3n) is 1.88. The first-order chi connectivity index (χ1) is 6.83. The molecule has 2 heteroatoms. The number of hydrogen-bond donors (Lipinski definition) is 1. The molecular formula is C12H16O2. The predicted molar refractivity (Wildman–Crippen MR) is 56.9 cm³/mol. The Hall–Kier alpha value is -1.12. The van der Waals surface area contributed by atoms with Gasteiger partial charge in [-0.3, -0.25) is 0 Å². The van der Waals surface area contributed by atoms with Crippen LogP contribution in [0.4, 0.5) is 0 Å². The van der Waals surface area contributed by atoms with Crippen molar-refractivity contribution in [1.29, 1.82) is 0 Å². The molecule has 0 bridgehead atoms. The molecule has 0 fully saturated rings. The summed E-state index contributed by atoms with van der Waals surface area (Å²) < 4.78 is 5.45. The van der Waals surface area contributed by atoms with Gasteiger partial charge in [0.1, 0.15) is 0 Å². The minimum absolute atomic E-state index is 0.0839. The first kappa shape index (κ1) is 11.0. The zero-order valence-corrected chi connectivity index (χ0v) is 8.44. The average molecular weight is 192 g/mol. The first-order valence-corrected chi connectivity index (χ1v) is 4.71. The molecule has 2 nitrogen and oxygen atoms in total. The summed E-state index contributed by atoms with van der Waals surface area (Å²) in [5, 5.41) is 8.62. The lowest BCUT2D eigenvalue weighted by atomic mass is 10.2. The van der Waals surface area contributed by atoms with Crippen LogP contribution < -0.4 is 0 Å². The molecule has 0 heterocycles. The quantitative estimate of drug-likeness (QED) is 0.724. The Morgan fingerprint density at radius 2 is 2.07 bits per heavy atom. The highest BCUT2D eigenvalue weighted by molar-refractivity contribution is 5.13. The maximum absolute atomic E-state index is 8.62. The van der Waals surface area contributed by atoms with E-state index in [-0.39, 0.29) is 6.61 Å². The third-order valence-corrected chi connectivity index (χ3v) is 1.88. The molecule has 0 saturated heterocycles. The van der Waals surface area contributed by atoms with Gasteiger partial charge in [0.05, 0.1) is 19.8 Å². The summed E-state index contributed by atoms with van der Waals surface area (Å²) >= 11 is 0. The van der Waals surface area contributed by atoms with E-state index in [1.807, 2.05) is 37.3 Å². The Balaban J connectivity index is 2.25. The fraction of sp³-hybridized carbons (Fsp3) is 0.333. The van der Waals surface area contributed by atoms with E-state index in [0.717, 1.165) is 5.57 Å². The molecule has 0 aliphatic heterocycles. The Morgan fingerprint density at radius 3 is 2.71 bits per heavy atom. The molecule has 14 heavy (non-hydrogen) atoms. The molecule has 0 unspecified atom stereocenters. The van der Waals surface area contributed by atoms with E-state index in [4.69, 9.17) is 9.84 Å². The summed E-state index contributed by atoms with van der Waals surface area (Å²) in [6, 6.07) is 10.0. The van der Waals surface area contributed by atoms with Crippen molar-refractivity contribution in [1.82, 2.24) is 0 Å². The van der Waals surface area contributed by atoms with Crippen LogP contribution in [0.5, 0.6) is 0 Å². The van der Waals surface area contributed by atoms with Crippen LogP contribution in [0.1, 0.15) is 12.5 Å². The molecule has 76 valence electrons. The molecule has 0 amide bonds. The molecule has 1 aromatic rings. The molecular weight excluding hydrogens is 176 g/mol. The van der Waals surface area contributed by atoms with Crippen LogP contribution in [-0.4, -0.2) is 18.3 Å². The van der Waals surface area contributed by atoms with Gasteiger partial charge >= 0.3 is 0 Å². The number of ether oxygens (including phenoxy) is 1. The van der Waals surface area contributed by atoms with Gasteiger partial charge in [-0.05, 0) is 18.1 Å². The number of aliphatic hydroxyl groups excluding tert-OH is 1. The van der Waals surface area contributed by atoms with Crippen molar-refractivity contribution >= 4 is 0 Å². The SMILES string of the molecule is C/C(=C/CO)COCc1ccccc1. The van der Waals surface area contributed by atoms with Gasteiger partial charge in [0, 0.05) is 0 Å². The highest BCUT2D eigenvalue weighted by Crippen LogP contribution is 2.02. The molecule has 0 atom stereocenters. The molecule has 1 N–H and O–H groups in total. The van der Waals surface area contributed by atoms with Crippen molar-refractivity contribution in [3.63, 3.8) is 0 Å². The number of hydrogen-bond acceptors (Lipinski definition) is 2. The van der Waals surface area contributed by atoms with E-state index in [9.17, 15) is 0 Å². The second-order valence-corrected chi connectivity index (χ2v) is 3.21. The van der Waals surface area contributed by atoms with Gasteiger partial charge in [-0.15, -0.1) is 0 Å². The lowest BCUT2D eigenvalue weighted by Gasteiger charge is -2.04. The molecule has 0 aromatic heterocycles. The van der Waals surface area contributed by atoms with Gasteiger partial charge in [0.2, 0.25) is 0 Å². The average Bonchev–Trinajstić information content (AvgIpc) is 2.20. The summed E-state index contributed by atoms with van der Waals surface area (Å²) in [4.78, 5) is 0. The summed E-state index contributed by atoms with van der Waals surface area (Å²) in [6.45, 7) is 3.23. The minimum Gasteiger partial charge on any atom is -0.392 e. The molecule has 0 aliphatic rings. The van der Waals surface area contributed by atoms with Crippen LogP contribution in [0.3, 0.4) is 0 Å². The largest absolute Gasteiger partial charge is 0.392 e. The number of rotatable bonds is 5. The molecule has 0 radical (unpaired) electrons. The zero-order chi connectivity index (χ0) is 10.2. The van der Waals surface area contributed by atoms with Gasteiger partial charge < -0.3 is 9.84 Å². The topological polar surface area (TPSA) is 29.5 Å². The van der Waals surface area contributed by atoms with E-state index < -0.39 is 0 Å². The number of aliphatic hydroxyl groups is 1. The predicted octanol–water partition coefficient (Wildman–Crippen LogP) is 2.14. The Morgan fingerprint density at radius 1 is 1.36 bits per heavy atom. The highest BCUT2D eigenvalue weighted by Gasteiger charge is 1.92. The second kappa shape index (κ2) is 6.35. The smallest absolute Gasteiger partial charge is 0.0721 e. The fourth-order valence-electron chi connectivity index (χ4n) is 1.12. The van der Waals surface area contributed by atoms with Gasteiger partial charge in [-0.1, -0.05) is 36.4 Å². The van der Waals surface area contributed by atoms with Crippen LogP contribution >= 0.6 is 0 Å². The van der Waals surface area contributed by atoms with Crippen molar-refractivity contribution < 1.29 is 9.84 Å². The Labute approximate surface area is 84.8 Å². The molecule has 0 saturated carbocycles. The van der Waals surface area contributed by atoms with E-state index in [2.05, 4.69) is 0 Å². The van der Waals surface area contributed by atoms with Crippen LogP contribution in [0.25, 0.3) is 0 Å². The van der Waals surface area contributed by atoms with E-state index in [1.54, 1.807) is 6.08 Å². The van der Waals surface area contributed by atoms with Crippen molar-refractivity contribution in [2.45, 2.75) is 13.5 Å². The van der Waals surface area contributed by atoms with Crippen LogP contribution in [-0.2, 0) is 11.3 Å². The van der Waals surface area contributed by atoms with Crippen molar-refractivity contribution in [2.24, 2.45) is 0 Å². The summed E-state index contributed by atoms with van der Waals surface area (Å²) in [5.41, 5.74) is 2.23. The maximum Gasteiger partial charge on any atom is 0.0721 e. The molecule has 0 spiro atoms. The minimum atomic E-state index is 0.0839. The van der Waals surface area contributed by atoms with Gasteiger partial charge in [0.25, 0.3) is 0 Å². The summed E-state index contributed by atoms with van der Waals surface area (Å²) in [7, 11) is 0. The number of benzene rings is 1. The second-order valence-electron chi connectivity index (χ2n) is 3.21. The van der Waals surface area contributed by atoms with Gasteiger partial charge in [-0.2, -0.15) is 0 Å². The van der Waals surface area contributed by atoms with Crippen molar-refractivity contribution in [2.75, 3.05) is 13.2 Å². The van der Waals surface area contributed by atoms with Gasteiger partial charge in [-0.25, -0.2) is 0 Å².